The molecule has 0 fully saturated rings. The first-order chi connectivity index (χ1) is 11.7. The minimum atomic E-state index is -0.573. The van der Waals surface area contributed by atoms with Gasteiger partial charge in [-0.3, -0.25) is 9.59 Å². The van der Waals surface area contributed by atoms with Gasteiger partial charge in [-0.25, -0.2) is 9.97 Å². The van der Waals surface area contributed by atoms with Crippen molar-refractivity contribution in [3.8, 4) is 0 Å². The van der Waals surface area contributed by atoms with E-state index >= 15 is 0 Å². The van der Waals surface area contributed by atoms with Gasteiger partial charge < -0.3 is 5.32 Å². The third kappa shape index (κ3) is 1.64. The number of nitrogens with one attached hydrogen (secondary N) is 1. The smallest absolute Gasteiger partial charge is 0.237 e. The van der Waals surface area contributed by atoms with E-state index in [2.05, 4.69) is 21.4 Å². The topological polar surface area (TPSA) is 72.0 Å². The van der Waals surface area contributed by atoms with Crippen LogP contribution in [0.15, 0.2) is 42.6 Å². The SMILES string of the molecule is O=Cc1ccc2cc3c(cc2n1)CC1(C3)C(=O)Nc2ncccc21. The van der Waals surface area contributed by atoms with Gasteiger partial charge in [0, 0.05) is 17.1 Å². The molecular formula is C19H13N3O2. The number of fused-ring (bicyclic) bond motifs is 4. The number of amides is 1. The number of nitrogens with zero attached hydrogens (tertiary/aromatic N) is 2. The molecular weight excluding hydrogens is 302 g/mol. The van der Waals surface area contributed by atoms with E-state index in [0.29, 0.717) is 24.4 Å². The molecule has 1 aliphatic heterocycles. The number of carbonyl (C=O) groups excluding carboxylic acids is 2. The van der Waals surface area contributed by atoms with Crippen molar-refractivity contribution in [1.82, 2.24) is 9.97 Å². The lowest BCUT2D eigenvalue weighted by Gasteiger charge is -2.20. The second-order valence-electron chi connectivity index (χ2n) is 6.46. The van der Waals surface area contributed by atoms with Crippen molar-refractivity contribution < 1.29 is 9.59 Å². The normalized spacial score (nSPS) is 20.9. The van der Waals surface area contributed by atoms with Gasteiger partial charge >= 0.3 is 0 Å². The van der Waals surface area contributed by atoms with Crippen LogP contribution >= 0.6 is 0 Å². The van der Waals surface area contributed by atoms with Crippen LogP contribution < -0.4 is 5.32 Å². The molecule has 5 rings (SSSR count). The van der Waals surface area contributed by atoms with Gasteiger partial charge in [0.05, 0.1) is 10.9 Å². The predicted octanol–water partition coefficient (Wildman–Crippen LogP) is 2.43. The lowest BCUT2D eigenvalue weighted by molar-refractivity contribution is -0.120. The van der Waals surface area contributed by atoms with Gasteiger partial charge in [0.15, 0.2) is 6.29 Å². The minimum absolute atomic E-state index is 0.0120. The summed E-state index contributed by atoms with van der Waals surface area (Å²) in [4.78, 5) is 32.3. The fraction of sp³-hybridized carbons (Fsp3) is 0.158. The summed E-state index contributed by atoms with van der Waals surface area (Å²) < 4.78 is 0. The number of aldehydes is 1. The molecule has 1 aromatic carbocycles. The number of hydrogen-bond donors (Lipinski definition) is 1. The maximum absolute atomic E-state index is 12.7. The highest BCUT2D eigenvalue weighted by Crippen LogP contribution is 2.47. The van der Waals surface area contributed by atoms with Gasteiger partial charge in [0.2, 0.25) is 5.91 Å². The van der Waals surface area contributed by atoms with Crippen molar-refractivity contribution in [2.45, 2.75) is 18.3 Å². The maximum atomic E-state index is 12.7. The molecule has 3 aromatic rings. The van der Waals surface area contributed by atoms with Gasteiger partial charge in [-0.2, -0.15) is 0 Å². The van der Waals surface area contributed by atoms with E-state index in [1.54, 1.807) is 12.3 Å². The molecule has 116 valence electrons. The van der Waals surface area contributed by atoms with Crippen molar-refractivity contribution in [2.24, 2.45) is 0 Å². The van der Waals surface area contributed by atoms with Crippen LogP contribution in [0.3, 0.4) is 0 Å². The molecule has 1 spiro atoms. The molecule has 1 N–H and O–H groups in total. The van der Waals surface area contributed by atoms with Crippen LogP contribution in [0.5, 0.6) is 0 Å². The third-order valence-corrected chi connectivity index (χ3v) is 5.13. The van der Waals surface area contributed by atoms with E-state index in [1.165, 1.54) is 0 Å². The summed E-state index contributed by atoms with van der Waals surface area (Å²) >= 11 is 0. The highest BCUT2D eigenvalue weighted by Gasteiger charge is 2.51. The third-order valence-electron chi connectivity index (χ3n) is 5.13. The molecule has 1 amide bonds. The van der Waals surface area contributed by atoms with E-state index < -0.39 is 5.41 Å². The van der Waals surface area contributed by atoms with Gasteiger partial charge in [0.25, 0.3) is 0 Å². The Balaban J connectivity index is 1.67. The number of carbonyl (C=O) groups is 2. The molecule has 1 unspecified atom stereocenters. The molecule has 3 heterocycles. The lowest BCUT2D eigenvalue weighted by atomic mass is 9.79. The fourth-order valence-electron chi connectivity index (χ4n) is 3.98. The molecule has 0 saturated carbocycles. The molecule has 0 saturated heterocycles. The summed E-state index contributed by atoms with van der Waals surface area (Å²) in [6, 6.07) is 11.6. The number of aromatic nitrogens is 2. The number of hydrogen-bond acceptors (Lipinski definition) is 4. The largest absolute Gasteiger partial charge is 0.310 e. The van der Waals surface area contributed by atoms with Crippen LogP contribution in [0.2, 0.25) is 0 Å². The summed E-state index contributed by atoms with van der Waals surface area (Å²) in [5, 5.41) is 3.90. The quantitative estimate of drug-likeness (QED) is 0.700. The molecule has 0 bridgehead atoms. The second kappa shape index (κ2) is 4.47. The Morgan fingerprint density at radius 2 is 1.96 bits per heavy atom. The van der Waals surface area contributed by atoms with E-state index in [1.807, 2.05) is 24.3 Å². The zero-order valence-electron chi connectivity index (χ0n) is 12.7. The van der Waals surface area contributed by atoms with Crippen LogP contribution in [0.25, 0.3) is 10.9 Å². The van der Waals surface area contributed by atoms with Crippen molar-refractivity contribution in [3.05, 3.63) is 65.0 Å². The van der Waals surface area contributed by atoms with E-state index in [0.717, 1.165) is 33.9 Å². The zero-order chi connectivity index (χ0) is 16.3. The number of anilines is 1. The number of rotatable bonds is 1. The summed E-state index contributed by atoms with van der Waals surface area (Å²) in [5.74, 6) is 0.680. The van der Waals surface area contributed by atoms with Crippen LogP contribution in [0, 0.1) is 0 Å². The van der Waals surface area contributed by atoms with Crippen LogP contribution in [-0.4, -0.2) is 22.2 Å². The van der Waals surface area contributed by atoms with Crippen molar-refractivity contribution in [3.63, 3.8) is 0 Å². The number of benzene rings is 1. The zero-order valence-corrected chi connectivity index (χ0v) is 12.7. The predicted molar refractivity (Wildman–Crippen MR) is 89.1 cm³/mol. The van der Waals surface area contributed by atoms with E-state index in [4.69, 9.17) is 0 Å². The second-order valence-corrected chi connectivity index (χ2v) is 6.46. The Morgan fingerprint density at radius 3 is 2.79 bits per heavy atom. The van der Waals surface area contributed by atoms with Gasteiger partial charge in [0.1, 0.15) is 11.5 Å². The molecule has 0 radical (unpaired) electrons. The molecule has 2 aliphatic rings. The Labute approximate surface area is 137 Å². The Hall–Kier alpha value is -3.08. The summed E-state index contributed by atoms with van der Waals surface area (Å²) in [5.41, 5.74) is 3.89. The van der Waals surface area contributed by atoms with Crippen LogP contribution in [0.4, 0.5) is 5.82 Å². The molecule has 1 aliphatic carbocycles. The van der Waals surface area contributed by atoms with E-state index in [9.17, 15) is 9.59 Å². The molecule has 5 heteroatoms. The highest BCUT2D eigenvalue weighted by atomic mass is 16.2. The first-order valence-corrected chi connectivity index (χ1v) is 7.84. The highest BCUT2D eigenvalue weighted by molar-refractivity contribution is 6.06. The fourth-order valence-corrected chi connectivity index (χ4v) is 3.98. The maximum Gasteiger partial charge on any atom is 0.237 e. The standard InChI is InChI=1S/C19H13N3O2/c23-10-14-4-3-11-6-12-8-19(9-13(12)7-16(11)21-14)15-2-1-5-20-17(15)22-18(19)24/h1-7,10H,8-9H2,(H,20,22,24). The van der Waals surface area contributed by atoms with E-state index in [-0.39, 0.29) is 5.91 Å². The van der Waals surface area contributed by atoms with Crippen molar-refractivity contribution in [1.29, 1.82) is 0 Å². The first kappa shape index (κ1) is 13.4. The summed E-state index contributed by atoms with van der Waals surface area (Å²) in [6.45, 7) is 0. The Bertz CT molecular complexity index is 1040. The molecule has 1 atom stereocenters. The van der Waals surface area contributed by atoms with Crippen LogP contribution in [-0.2, 0) is 23.1 Å². The average Bonchev–Trinajstić information content (AvgIpc) is 3.10. The molecule has 24 heavy (non-hydrogen) atoms. The first-order valence-electron chi connectivity index (χ1n) is 7.84. The Morgan fingerprint density at radius 1 is 1.12 bits per heavy atom. The lowest BCUT2D eigenvalue weighted by Crippen LogP contribution is -2.35. The summed E-state index contributed by atoms with van der Waals surface area (Å²) in [7, 11) is 0. The Kier molecular flexibility index (Phi) is 2.49. The van der Waals surface area contributed by atoms with Crippen LogP contribution in [0.1, 0.15) is 27.2 Å². The van der Waals surface area contributed by atoms with Gasteiger partial charge in [-0.15, -0.1) is 0 Å². The monoisotopic (exact) mass is 315 g/mol. The van der Waals surface area contributed by atoms with Crippen molar-refractivity contribution >= 4 is 28.9 Å². The van der Waals surface area contributed by atoms with Crippen molar-refractivity contribution in [2.75, 3.05) is 5.32 Å². The molecule has 2 aromatic heterocycles. The van der Waals surface area contributed by atoms with Gasteiger partial charge in [-0.05, 0) is 48.2 Å². The number of pyridine rings is 2. The van der Waals surface area contributed by atoms with Gasteiger partial charge in [-0.1, -0.05) is 12.1 Å². The summed E-state index contributed by atoms with van der Waals surface area (Å²) in [6.07, 6.45) is 3.74. The average molecular weight is 315 g/mol. The minimum Gasteiger partial charge on any atom is -0.310 e. The molecule has 5 nitrogen and oxygen atoms in total.